The van der Waals surface area contributed by atoms with Crippen LogP contribution in [0.2, 0.25) is 0 Å². The van der Waals surface area contributed by atoms with Gasteiger partial charge in [-0.25, -0.2) is 4.98 Å². The van der Waals surface area contributed by atoms with E-state index in [2.05, 4.69) is 4.98 Å². The second kappa shape index (κ2) is 7.67. The lowest BCUT2D eigenvalue weighted by atomic mass is 10.2. The number of hydrogen-bond donors (Lipinski definition) is 1. The molecule has 0 spiro atoms. The van der Waals surface area contributed by atoms with Gasteiger partial charge in [0.1, 0.15) is 0 Å². The van der Waals surface area contributed by atoms with Gasteiger partial charge in [-0.1, -0.05) is 0 Å². The lowest BCUT2D eigenvalue weighted by Crippen LogP contribution is -2.07. The standard InChI is InChI=1S/C15H20N2O3/c1-18-9-10-19-7-2-8-20-15-6-3-12-11-13(16)4-5-14(12)17-15/h3-6,11H,2,7-10,16H2,1H3. The van der Waals surface area contributed by atoms with Gasteiger partial charge < -0.3 is 19.9 Å². The van der Waals surface area contributed by atoms with Crippen LogP contribution in [-0.4, -0.2) is 38.5 Å². The summed E-state index contributed by atoms with van der Waals surface area (Å²) in [5.41, 5.74) is 7.35. The molecule has 0 bridgehead atoms. The number of benzene rings is 1. The van der Waals surface area contributed by atoms with Crippen LogP contribution in [0, 0.1) is 0 Å². The lowest BCUT2D eigenvalue weighted by molar-refractivity contribution is 0.0642. The molecule has 1 aromatic heterocycles. The van der Waals surface area contributed by atoms with E-state index < -0.39 is 0 Å². The van der Waals surface area contributed by atoms with Gasteiger partial charge in [0.25, 0.3) is 0 Å². The van der Waals surface area contributed by atoms with Crippen molar-refractivity contribution in [1.82, 2.24) is 4.98 Å². The van der Waals surface area contributed by atoms with Crippen LogP contribution >= 0.6 is 0 Å². The number of aromatic nitrogens is 1. The molecule has 0 aliphatic heterocycles. The number of nitrogens with zero attached hydrogens (tertiary/aromatic N) is 1. The quantitative estimate of drug-likeness (QED) is 0.591. The van der Waals surface area contributed by atoms with E-state index in [1.165, 1.54) is 0 Å². The highest BCUT2D eigenvalue weighted by Crippen LogP contribution is 2.19. The molecule has 0 saturated heterocycles. The Morgan fingerprint density at radius 1 is 1.05 bits per heavy atom. The number of nitrogen functional groups attached to an aromatic ring is 1. The number of fused-ring (bicyclic) bond motifs is 1. The van der Waals surface area contributed by atoms with Gasteiger partial charge in [0.2, 0.25) is 5.88 Å². The number of methoxy groups -OCH3 is 1. The lowest BCUT2D eigenvalue weighted by Gasteiger charge is -2.07. The normalized spacial score (nSPS) is 10.8. The number of rotatable bonds is 8. The summed E-state index contributed by atoms with van der Waals surface area (Å²) in [6.07, 6.45) is 0.825. The molecule has 0 amide bonds. The van der Waals surface area contributed by atoms with Crippen molar-refractivity contribution in [3.05, 3.63) is 30.3 Å². The summed E-state index contributed by atoms with van der Waals surface area (Å²) in [6, 6.07) is 9.45. The van der Waals surface area contributed by atoms with E-state index in [1.807, 2.05) is 30.3 Å². The Morgan fingerprint density at radius 2 is 1.95 bits per heavy atom. The van der Waals surface area contributed by atoms with Crippen molar-refractivity contribution >= 4 is 16.6 Å². The average molecular weight is 276 g/mol. The van der Waals surface area contributed by atoms with Crippen LogP contribution in [-0.2, 0) is 9.47 Å². The predicted molar refractivity (Wildman–Crippen MR) is 79.0 cm³/mol. The number of hydrogen-bond acceptors (Lipinski definition) is 5. The smallest absolute Gasteiger partial charge is 0.213 e. The first kappa shape index (κ1) is 14.6. The van der Waals surface area contributed by atoms with Gasteiger partial charge in [0, 0.05) is 37.3 Å². The van der Waals surface area contributed by atoms with Gasteiger partial charge in [-0.05, 0) is 24.3 Å². The zero-order valence-electron chi connectivity index (χ0n) is 11.7. The molecule has 108 valence electrons. The molecule has 5 heteroatoms. The predicted octanol–water partition coefficient (Wildman–Crippen LogP) is 2.25. The molecule has 0 unspecified atom stereocenters. The Bertz CT molecular complexity index is 546. The number of pyridine rings is 1. The molecule has 0 atom stereocenters. The highest BCUT2D eigenvalue weighted by atomic mass is 16.5. The van der Waals surface area contributed by atoms with E-state index in [-0.39, 0.29) is 0 Å². The third-order valence-electron chi connectivity index (χ3n) is 2.80. The van der Waals surface area contributed by atoms with Crippen LogP contribution in [0.1, 0.15) is 6.42 Å². The van der Waals surface area contributed by atoms with Crippen LogP contribution in [0.5, 0.6) is 5.88 Å². The summed E-state index contributed by atoms with van der Waals surface area (Å²) >= 11 is 0. The first-order chi connectivity index (χ1) is 9.79. The molecule has 0 aliphatic carbocycles. The summed E-state index contributed by atoms with van der Waals surface area (Å²) in [4.78, 5) is 4.42. The third-order valence-corrected chi connectivity index (χ3v) is 2.80. The van der Waals surface area contributed by atoms with Crippen molar-refractivity contribution in [3.63, 3.8) is 0 Å². The third kappa shape index (κ3) is 4.36. The van der Waals surface area contributed by atoms with Crippen molar-refractivity contribution in [2.75, 3.05) is 39.3 Å². The fourth-order valence-corrected chi connectivity index (χ4v) is 1.79. The SMILES string of the molecule is COCCOCCCOc1ccc2cc(N)ccc2n1. The summed E-state index contributed by atoms with van der Waals surface area (Å²) < 4.78 is 15.8. The fraction of sp³-hybridized carbons (Fsp3) is 0.400. The van der Waals surface area contributed by atoms with Crippen LogP contribution in [0.4, 0.5) is 5.69 Å². The van der Waals surface area contributed by atoms with Gasteiger partial charge in [-0.2, -0.15) is 0 Å². The van der Waals surface area contributed by atoms with Gasteiger partial charge in [-0.3, -0.25) is 0 Å². The maximum absolute atomic E-state index is 5.73. The molecule has 5 nitrogen and oxygen atoms in total. The Hall–Kier alpha value is -1.85. The maximum atomic E-state index is 5.73. The zero-order chi connectivity index (χ0) is 14.2. The highest BCUT2D eigenvalue weighted by Gasteiger charge is 2.00. The maximum Gasteiger partial charge on any atom is 0.213 e. The molecule has 2 N–H and O–H groups in total. The number of nitrogens with two attached hydrogens (primary N) is 1. The van der Waals surface area contributed by atoms with Crippen molar-refractivity contribution < 1.29 is 14.2 Å². The molecule has 0 saturated carbocycles. The van der Waals surface area contributed by atoms with E-state index in [9.17, 15) is 0 Å². The topological polar surface area (TPSA) is 66.6 Å². The Labute approximate surface area is 118 Å². The van der Waals surface area contributed by atoms with Crippen molar-refractivity contribution in [2.45, 2.75) is 6.42 Å². The van der Waals surface area contributed by atoms with Gasteiger partial charge in [0.15, 0.2) is 0 Å². The molecular weight excluding hydrogens is 256 g/mol. The molecule has 0 aliphatic rings. The first-order valence-corrected chi connectivity index (χ1v) is 6.65. The van der Waals surface area contributed by atoms with Gasteiger partial charge in [-0.15, -0.1) is 0 Å². The van der Waals surface area contributed by atoms with E-state index in [4.69, 9.17) is 19.9 Å². The van der Waals surface area contributed by atoms with Gasteiger partial charge in [0.05, 0.1) is 25.3 Å². The van der Waals surface area contributed by atoms with Crippen LogP contribution in [0.3, 0.4) is 0 Å². The highest BCUT2D eigenvalue weighted by molar-refractivity contribution is 5.82. The molecule has 2 rings (SSSR count). The van der Waals surface area contributed by atoms with E-state index in [0.717, 1.165) is 23.0 Å². The van der Waals surface area contributed by atoms with Crippen LogP contribution in [0.25, 0.3) is 10.9 Å². The minimum absolute atomic E-state index is 0.584. The summed E-state index contributed by atoms with van der Waals surface area (Å²) in [5, 5.41) is 1.01. The second-order valence-electron chi connectivity index (χ2n) is 4.41. The largest absolute Gasteiger partial charge is 0.478 e. The van der Waals surface area contributed by atoms with Crippen LogP contribution < -0.4 is 10.5 Å². The molecule has 20 heavy (non-hydrogen) atoms. The minimum atomic E-state index is 0.584. The molecule has 2 aromatic rings. The van der Waals surface area contributed by atoms with E-state index in [1.54, 1.807) is 7.11 Å². The fourth-order valence-electron chi connectivity index (χ4n) is 1.79. The van der Waals surface area contributed by atoms with Crippen molar-refractivity contribution in [1.29, 1.82) is 0 Å². The van der Waals surface area contributed by atoms with E-state index in [0.29, 0.717) is 32.3 Å². The van der Waals surface area contributed by atoms with E-state index >= 15 is 0 Å². The molecule has 1 aromatic carbocycles. The average Bonchev–Trinajstić information content (AvgIpc) is 2.46. The molecule has 1 heterocycles. The summed E-state index contributed by atoms with van der Waals surface area (Å²) in [6.45, 7) is 2.48. The number of ether oxygens (including phenoxy) is 3. The first-order valence-electron chi connectivity index (χ1n) is 6.65. The molecule has 0 radical (unpaired) electrons. The summed E-state index contributed by atoms with van der Waals surface area (Å²) in [7, 11) is 1.66. The van der Waals surface area contributed by atoms with Crippen molar-refractivity contribution in [2.24, 2.45) is 0 Å². The molecule has 0 fully saturated rings. The monoisotopic (exact) mass is 276 g/mol. The van der Waals surface area contributed by atoms with Crippen LogP contribution in [0.15, 0.2) is 30.3 Å². The number of anilines is 1. The molecular formula is C15H20N2O3. The second-order valence-corrected chi connectivity index (χ2v) is 4.41. The van der Waals surface area contributed by atoms with Crippen molar-refractivity contribution in [3.8, 4) is 5.88 Å². The van der Waals surface area contributed by atoms with Gasteiger partial charge >= 0.3 is 0 Å². The Balaban J connectivity index is 1.77. The minimum Gasteiger partial charge on any atom is -0.478 e. The summed E-state index contributed by atoms with van der Waals surface area (Å²) in [5.74, 6) is 0.624. The Morgan fingerprint density at radius 3 is 2.80 bits per heavy atom. The Kier molecular flexibility index (Phi) is 5.58. The zero-order valence-corrected chi connectivity index (χ0v) is 11.7.